The number of thioether (sulfide) groups is 1. The third kappa shape index (κ3) is 4.03. The van der Waals surface area contributed by atoms with E-state index in [9.17, 15) is 4.79 Å². The van der Waals surface area contributed by atoms with Crippen molar-refractivity contribution in [1.29, 1.82) is 0 Å². The molecule has 20 heavy (non-hydrogen) atoms. The molecule has 0 aliphatic heterocycles. The molecule has 0 aliphatic rings. The van der Waals surface area contributed by atoms with Gasteiger partial charge in [-0.1, -0.05) is 24.3 Å². The summed E-state index contributed by atoms with van der Waals surface area (Å²) in [4.78, 5) is 13.1. The molecule has 0 bridgehead atoms. The van der Waals surface area contributed by atoms with Gasteiger partial charge in [0, 0.05) is 16.3 Å². The predicted molar refractivity (Wildman–Crippen MR) is 83.0 cm³/mol. The van der Waals surface area contributed by atoms with E-state index >= 15 is 0 Å². The molecule has 2 aromatic carbocycles. The van der Waals surface area contributed by atoms with Gasteiger partial charge < -0.3 is 10.5 Å². The van der Waals surface area contributed by atoms with Crippen LogP contribution in [0.3, 0.4) is 0 Å². The highest BCUT2D eigenvalue weighted by atomic mass is 32.2. The normalized spacial score (nSPS) is 10.2. The first-order valence-corrected chi connectivity index (χ1v) is 7.36. The Hall–Kier alpha value is -1.94. The number of carbonyl (C=O) groups excluding carboxylic acids is 1. The van der Waals surface area contributed by atoms with Crippen molar-refractivity contribution in [2.75, 3.05) is 18.1 Å². The fraction of sp³-hybridized carbons (Fsp3) is 0.188. The van der Waals surface area contributed by atoms with Gasteiger partial charge in [0.2, 0.25) is 0 Å². The first-order chi connectivity index (χ1) is 9.66. The molecule has 0 saturated carbocycles. The standard InChI is InChI=1S/C16H17NO2S/c1-12-7-8-13(17)11-15(12)16(18)19-9-10-20-14-5-3-2-4-6-14/h2-8,11H,9-10,17H2,1H3. The fourth-order valence-electron chi connectivity index (χ4n) is 1.75. The van der Waals surface area contributed by atoms with Gasteiger partial charge in [-0.2, -0.15) is 0 Å². The van der Waals surface area contributed by atoms with Gasteiger partial charge in [0.1, 0.15) is 6.61 Å². The first-order valence-electron chi connectivity index (χ1n) is 6.38. The van der Waals surface area contributed by atoms with E-state index in [1.54, 1.807) is 23.9 Å². The second kappa shape index (κ2) is 7.01. The Morgan fingerprint density at radius 2 is 1.95 bits per heavy atom. The highest BCUT2D eigenvalue weighted by Crippen LogP contribution is 2.17. The van der Waals surface area contributed by atoms with Gasteiger partial charge in [0.05, 0.1) is 5.56 Å². The van der Waals surface area contributed by atoms with Gasteiger partial charge in [-0.3, -0.25) is 0 Å². The summed E-state index contributed by atoms with van der Waals surface area (Å²) in [6.45, 7) is 2.25. The Labute approximate surface area is 123 Å². The molecular weight excluding hydrogens is 270 g/mol. The fourth-order valence-corrected chi connectivity index (χ4v) is 2.50. The summed E-state index contributed by atoms with van der Waals surface area (Å²) in [6, 6.07) is 15.3. The number of rotatable bonds is 5. The molecule has 4 heteroatoms. The Morgan fingerprint density at radius 1 is 1.20 bits per heavy atom. The summed E-state index contributed by atoms with van der Waals surface area (Å²) in [5, 5.41) is 0. The summed E-state index contributed by atoms with van der Waals surface area (Å²) < 4.78 is 5.27. The molecule has 0 saturated heterocycles. The van der Waals surface area contributed by atoms with Crippen LogP contribution in [-0.4, -0.2) is 18.3 Å². The van der Waals surface area contributed by atoms with Gasteiger partial charge in [-0.05, 0) is 36.8 Å². The van der Waals surface area contributed by atoms with Crippen molar-refractivity contribution in [1.82, 2.24) is 0 Å². The van der Waals surface area contributed by atoms with Gasteiger partial charge >= 0.3 is 5.97 Å². The van der Waals surface area contributed by atoms with Gasteiger partial charge in [0.15, 0.2) is 0 Å². The molecule has 2 rings (SSSR count). The maximum absolute atomic E-state index is 11.9. The van der Waals surface area contributed by atoms with E-state index in [0.717, 1.165) is 11.3 Å². The van der Waals surface area contributed by atoms with Crippen LogP contribution in [0.4, 0.5) is 5.69 Å². The molecule has 0 aromatic heterocycles. The minimum atomic E-state index is -0.316. The monoisotopic (exact) mass is 287 g/mol. The SMILES string of the molecule is Cc1ccc(N)cc1C(=O)OCCSc1ccccc1. The van der Waals surface area contributed by atoms with E-state index in [-0.39, 0.29) is 5.97 Å². The lowest BCUT2D eigenvalue weighted by molar-refractivity contribution is 0.0529. The molecule has 104 valence electrons. The van der Waals surface area contributed by atoms with Crippen LogP contribution in [0, 0.1) is 6.92 Å². The largest absolute Gasteiger partial charge is 0.461 e. The van der Waals surface area contributed by atoms with Crippen molar-refractivity contribution in [3.63, 3.8) is 0 Å². The van der Waals surface area contributed by atoms with Crippen LogP contribution in [0.15, 0.2) is 53.4 Å². The summed E-state index contributed by atoms with van der Waals surface area (Å²) >= 11 is 1.66. The molecule has 0 atom stereocenters. The van der Waals surface area contributed by atoms with Crippen LogP contribution in [0.1, 0.15) is 15.9 Å². The number of aryl methyl sites for hydroxylation is 1. The van der Waals surface area contributed by atoms with Crippen LogP contribution in [0.2, 0.25) is 0 Å². The zero-order chi connectivity index (χ0) is 14.4. The van der Waals surface area contributed by atoms with E-state index in [4.69, 9.17) is 10.5 Å². The van der Waals surface area contributed by atoms with Crippen molar-refractivity contribution in [3.8, 4) is 0 Å². The molecule has 0 spiro atoms. The molecule has 0 fully saturated rings. The summed E-state index contributed by atoms with van der Waals surface area (Å²) in [6.07, 6.45) is 0. The van der Waals surface area contributed by atoms with Crippen LogP contribution in [0.5, 0.6) is 0 Å². The third-order valence-electron chi connectivity index (χ3n) is 2.81. The second-order valence-corrected chi connectivity index (χ2v) is 5.54. The zero-order valence-electron chi connectivity index (χ0n) is 11.3. The maximum Gasteiger partial charge on any atom is 0.338 e. The lowest BCUT2D eigenvalue weighted by atomic mass is 10.1. The van der Waals surface area contributed by atoms with Crippen molar-refractivity contribution in [2.24, 2.45) is 0 Å². The molecule has 3 nitrogen and oxygen atoms in total. The Morgan fingerprint density at radius 3 is 2.70 bits per heavy atom. The topological polar surface area (TPSA) is 52.3 Å². The Kier molecular flexibility index (Phi) is 5.07. The second-order valence-electron chi connectivity index (χ2n) is 4.37. The average molecular weight is 287 g/mol. The quantitative estimate of drug-likeness (QED) is 0.395. The number of ether oxygens (including phenoxy) is 1. The van der Waals surface area contributed by atoms with Crippen LogP contribution < -0.4 is 5.73 Å². The van der Waals surface area contributed by atoms with E-state index in [2.05, 4.69) is 0 Å². The Bertz CT molecular complexity index is 584. The molecule has 2 aromatic rings. The smallest absolute Gasteiger partial charge is 0.338 e. The first kappa shape index (κ1) is 14.5. The van der Waals surface area contributed by atoms with Crippen molar-refractivity contribution in [3.05, 3.63) is 59.7 Å². The molecule has 0 amide bonds. The summed E-state index contributed by atoms with van der Waals surface area (Å²) in [5.74, 6) is 0.417. The van der Waals surface area contributed by atoms with Crippen molar-refractivity contribution < 1.29 is 9.53 Å². The van der Waals surface area contributed by atoms with E-state index in [1.807, 2.05) is 43.3 Å². The van der Waals surface area contributed by atoms with Crippen LogP contribution in [-0.2, 0) is 4.74 Å². The molecular formula is C16H17NO2S. The molecule has 0 heterocycles. The molecule has 2 N–H and O–H groups in total. The van der Waals surface area contributed by atoms with Crippen LogP contribution in [0.25, 0.3) is 0 Å². The summed E-state index contributed by atoms with van der Waals surface area (Å²) in [5.41, 5.74) is 7.67. The Balaban J connectivity index is 1.82. The number of hydrogen-bond donors (Lipinski definition) is 1. The number of anilines is 1. The number of nitrogens with two attached hydrogens (primary N) is 1. The predicted octanol–water partition coefficient (Wildman–Crippen LogP) is 3.53. The van der Waals surface area contributed by atoms with Gasteiger partial charge in [-0.15, -0.1) is 11.8 Å². The van der Waals surface area contributed by atoms with E-state index in [0.29, 0.717) is 17.9 Å². The lowest BCUT2D eigenvalue weighted by Crippen LogP contribution is -2.10. The minimum Gasteiger partial charge on any atom is -0.461 e. The van der Waals surface area contributed by atoms with E-state index < -0.39 is 0 Å². The maximum atomic E-state index is 11.9. The number of esters is 1. The van der Waals surface area contributed by atoms with Crippen LogP contribution >= 0.6 is 11.8 Å². The highest BCUT2D eigenvalue weighted by molar-refractivity contribution is 7.99. The van der Waals surface area contributed by atoms with Crippen molar-refractivity contribution in [2.45, 2.75) is 11.8 Å². The molecule has 0 radical (unpaired) electrons. The van der Waals surface area contributed by atoms with Gasteiger partial charge in [-0.25, -0.2) is 4.79 Å². The molecule has 0 aliphatic carbocycles. The number of carbonyl (C=O) groups is 1. The minimum absolute atomic E-state index is 0.316. The zero-order valence-corrected chi connectivity index (χ0v) is 12.2. The van der Waals surface area contributed by atoms with Crippen molar-refractivity contribution >= 4 is 23.4 Å². The third-order valence-corrected chi connectivity index (χ3v) is 3.79. The lowest BCUT2D eigenvalue weighted by Gasteiger charge is -2.08. The average Bonchev–Trinajstić information content (AvgIpc) is 2.47. The van der Waals surface area contributed by atoms with E-state index in [1.165, 1.54) is 4.90 Å². The number of hydrogen-bond acceptors (Lipinski definition) is 4. The summed E-state index contributed by atoms with van der Waals surface area (Å²) in [7, 11) is 0. The highest BCUT2D eigenvalue weighted by Gasteiger charge is 2.10. The van der Waals surface area contributed by atoms with Gasteiger partial charge in [0.25, 0.3) is 0 Å². The molecule has 0 unspecified atom stereocenters. The number of benzene rings is 2. The number of nitrogen functional groups attached to an aromatic ring is 1.